The molecule has 0 amide bonds. The van der Waals surface area contributed by atoms with Crippen molar-refractivity contribution in [2.75, 3.05) is 32.4 Å². The van der Waals surface area contributed by atoms with Gasteiger partial charge in [-0.2, -0.15) is 0 Å². The van der Waals surface area contributed by atoms with E-state index in [4.69, 9.17) is 9.47 Å². The molecular weight excluding hydrogens is 278 g/mol. The average molecular weight is 299 g/mol. The average Bonchev–Trinajstić information content (AvgIpc) is 2.91. The molecule has 22 heavy (non-hydrogen) atoms. The second kappa shape index (κ2) is 5.54. The highest BCUT2D eigenvalue weighted by molar-refractivity contribution is 5.63. The lowest BCUT2D eigenvalue weighted by atomic mass is 9.77. The van der Waals surface area contributed by atoms with Crippen molar-refractivity contribution in [3.8, 4) is 11.5 Å². The molecule has 1 N–H and O–H groups in total. The first-order valence-electron chi connectivity index (χ1n) is 7.33. The lowest BCUT2D eigenvalue weighted by molar-refractivity contribution is 0.293. The van der Waals surface area contributed by atoms with Crippen LogP contribution in [0.2, 0.25) is 0 Å². The Morgan fingerprint density at radius 2 is 2.00 bits per heavy atom. The van der Waals surface area contributed by atoms with Gasteiger partial charge in [0.25, 0.3) is 0 Å². The number of para-hydroxylation sites is 1. The summed E-state index contributed by atoms with van der Waals surface area (Å²) >= 11 is 0. The monoisotopic (exact) mass is 299 g/mol. The molecule has 116 valence electrons. The molecule has 3 rings (SSSR count). The van der Waals surface area contributed by atoms with Crippen molar-refractivity contribution in [1.29, 1.82) is 0 Å². The molecular formula is C18H21NO3. The number of nitrogens with zero attached hydrogens (tertiary/aromatic N) is 1. The largest absolute Gasteiger partial charge is 0.497 e. The Morgan fingerprint density at radius 3 is 2.73 bits per heavy atom. The summed E-state index contributed by atoms with van der Waals surface area (Å²) < 4.78 is 11.3. The van der Waals surface area contributed by atoms with Gasteiger partial charge in [0.2, 0.25) is 0 Å². The third kappa shape index (κ3) is 2.20. The molecule has 0 saturated carbocycles. The zero-order valence-corrected chi connectivity index (χ0v) is 13.2. The van der Waals surface area contributed by atoms with Gasteiger partial charge in [-0.05, 0) is 36.8 Å². The van der Waals surface area contributed by atoms with E-state index < -0.39 is 0 Å². The third-order valence-corrected chi connectivity index (χ3v) is 4.42. The molecule has 1 aliphatic rings. The summed E-state index contributed by atoms with van der Waals surface area (Å²) in [4.78, 5) is 1.83. The van der Waals surface area contributed by atoms with E-state index in [1.54, 1.807) is 7.11 Å². The molecule has 0 radical (unpaired) electrons. The third-order valence-electron chi connectivity index (χ3n) is 4.42. The second-order valence-corrected chi connectivity index (χ2v) is 5.84. The van der Waals surface area contributed by atoms with Crippen LogP contribution in [-0.4, -0.2) is 32.6 Å². The van der Waals surface area contributed by atoms with Crippen molar-refractivity contribution in [2.24, 2.45) is 0 Å². The van der Waals surface area contributed by atoms with E-state index in [-0.39, 0.29) is 12.1 Å². The predicted molar refractivity (Wildman–Crippen MR) is 86.9 cm³/mol. The van der Waals surface area contributed by atoms with Gasteiger partial charge in [0.1, 0.15) is 24.8 Å². The number of methoxy groups -OCH3 is 1. The maximum atomic E-state index is 9.49. The first-order valence-corrected chi connectivity index (χ1v) is 7.33. The second-order valence-electron chi connectivity index (χ2n) is 5.84. The fourth-order valence-electron chi connectivity index (χ4n) is 3.07. The van der Waals surface area contributed by atoms with Crippen molar-refractivity contribution in [3.05, 3.63) is 53.6 Å². The smallest absolute Gasteiger partial charge is 0.123 e. The quantitative estimate of drug-likeness (QED) is 0.882. The van der Waals surface area contributed by atoms with E-state index in [9.17, 15) is 5.11 Å². The molecule has 0 fully saturated rings. The number of anilines is 1. The Labute approximate surface area is 130 Å². The van der Waals surface area contributed by atoms with Gasteiger partial charge in [-0.15, -0.1) is 0 Å². The van der Waals surface area contributed by atoms with E-state index in [1.165, 1.54) is 0 Å². The number of ether oxygens (including phenoxy) is 2. The molecule has 0 bridgehead atoms. The molecule has 0 aliphatic carbocycles. The molecule has 0 saturated heterocycles. The van der Waals surface area contributed by atoms with Crippen LogP contribution >= 0.6 is 0 Å². The number of benzene rings is 2. The molecule has 4 heteroatoms. The highest BCUT2D eigenvalue weighted by Gasteiger charge is 2.40. The molecule has 0 spiro atoms. The molecule has 4 nitrogen and oxygen atoms in total. The fourth-order valence-corrected chi connectivity index (χ4v) is 3.07. The highest BCUT2D eigenvalue weighted by Crippen LogP contribution is 2.47. The van der Waals surface area contributed by atoms with Crippen molar-refractivity contribution in [1.82, 2.24) is 0 Å². The number of fused-ring (bicyclic) bond motifs is 1. The molecule has 2 aromatic rings. The van der Waals surface area contributed by atoms with Gasteiger partial charge in [0.15, 0.2) is 0 Å². The summed E-state index contributed by atoms with van der Waals surface area (Å²) in [5.74, 6) is 1.72. The van der Waals surface area contributed by atoms with Crippen LogP contribution in [0.3, 0.4) is 0 Å². The van der Waals surface area contributed by atoms with Gasteiger partial charge in [-0.25, -0.2) is 0 Å². The lowest BCUT2D eigenvalue weighted by Gasteiger charge is -2.29. The van der Waals surface area contributed by atoms with Crippen LogP contribution in [0.1, 0.15) is 18.1 Å². The number of aliphatic hydroxyl groups is 1. The highest BCUT2D eigenvalue weighted by atomic mass is 16.5. The molecule has 0 aromatic heterocycles. The van der Waals surface area contributed by atoms with Crippen molar-refractivity contribution in [3.63, 3.8) is 0 Å². The Bertz CT molecular complexity index is 686. The summed E-state index contributed by atoms with van der Waals surface area (Å²) in [6.07, 6.45) is 0. The first-order chi connectivity index (χ1) is 10.6. The van der Waals surface area contributed by atoms with E-state index in [0.29, 0.717) is 6.61 Å². The predicted octanol–water partition coefficient (Wildman–Crippen LogP) is 2.78. The van der Waals surface area contributed by atoms with Crippen LogP contribution in [0.4, 0.5) is 5.69 Å². The molecule has 1 unspecified atom stereocenters. The summed E-state index contributed by atoms with van der Waals surface area (Å²) in [5, 5.41) is 9.49. The Kier molecular flexibility index (Phi) is 3.71. The van der Waals surface area contributed by atoms with Crippen LogP contribution in [0.5, 0.6) is 11.5 Å². The minimum Gasteiger partial charge on any atom is -0.497 e. The zero-order valence-electron chi connectivity index (χ0n) is 13.2. The van der Waals surface area contributed by atoms with Gasteiger partial charge in [0, 0.05) is 18.3 Å². The number of hydrogen-bond donors (Lipinski definition) is 1. The zero-order chi connectivity index (χ0) is 15.7. The lowest BCUT2D eigenvalue weighted by Crippen LogP contribution is -2.29. The number of hydrogen-bond acceptors (Lipinski definition) is 4. The summed E-state index contributed by atoms with van der Waals surface area (Å²) in [6, 6.07) is 14.0. The fraction of sp³-hybridized carbons (Fsp3) is 0.333. The van der Waals surface area contributed by atoms with Crippen LogP contribution < -0.4 is 14.4 Å². The topological polar surface area (TPSA) is 41.9 Å². The summed E-state index contributed by atoms with van der Waals surface area (Å²) in [7, 11) is 3.55. The van der Waals surface area contributed by atoms with E-state index in [2.05, 4.69) is 13.0 Å². The van der Waals surface area contributed by atoms with Crippen molar-refractivity contribution < 1.29 is 14.6 Å². The van der Waals surface area contributed by atoms with Crippen molar-refractivity contribution >= 4 is 5.69 Å². The van der Waals surface area contributed by atoms with Gasteiger partial charge in [-0.3, -0.25) is 0 Å². The van der Waals surface area contributed by atoms with Gasteiger partial charge in [0.05, 0.1) is 12.5 Å². The normalized spacial score (nSPS) is 19.5. The van der Waals surface area contributed by atoms with E-state index in [0.717, 1.165) is 28.3 Å². The SMILES string of the molecule is COc1ccc2c(c1)C(C)(c1ccccc1N(C)CO)CO2. The molecule has 1 aliphatic heterocycles. The van der Waals surface area contributed by atoms with Gasteiger partial charge in [-0.1, -0.05) is 18.2 Å². The molecule has 1 heterocycles. The Balaban J connectivity index is 2.15. The first kappa shape index (κ1) is 14.7. The Morgan fingerprint density at radius 1 is 1.23 bits per heavy atom. The minimum absolute atomic E-state index is 0.0289. The van der Waals surface area contributed by atoms with Gasteiger partial charge >= 0.3 is 0 Å². The standard InChI is InChI=1S/C18H21NO3/c1-18(14-6-4-5-7-16(14)19(2)12-20)11-22-17-9-8-13(21-3)10-15(17)18/h4-10,20H,11-12H2,1-3H3. The maximum absolute atomic E-state index is 9.49. The number of aliphatic hydroxyl groups excluding tert-OH is 1. The summed E-state index contributed by atoms with van der Waals surface area (Å²) in [5.41, 5.74) is 2.99. The number of rotatable bonds is 4. The molecule has 2 aromatic carbocycles. The maximum Gasteiger partial charge on any atom is 0.123 e. The van der Waals surface area contributed by atoms with Crippen molar-refractivity contribution in [2.45, 2.75) is 12.3 Å². The Hall–Kier alpha value is -2.20. The van der Waals surface area contributed by atoms with Crippen LogP contribution in [0.15, 0.2) is 42.5 Å². The summed E-state index contributed by atoms with van der Waals surface area (Å²) in [6.45, 7) is 2.72. The molecule has 1 atom stereocenters. The van der Waals surface area contributed by atoms with Crippen LogP contribution in [0, 0.1) is 0 Å². The van der Waals surface area contributed by atoms with Gasteiger partial charge < -0.3 is 19.5 Å². The van der Waals surface area contributed by atoms with E-state index >= 15 is 0 Å². The minimum atomic E-state index is -0.274. The van der Waals surface area contributed by atoms with Crippen LogP contribution in [0.25, 0.3) is 0 Å². The van der Waals surface area contributed by atoms with E-state index in [1.807, 2.05) is 48.3 Å². The van der Waals surface area contributed by atoms with Crippen LogP contribution in [-0.2, 0) is 5.41 Å².